The van der Waals surface area contributed by atoms with Gasteiger partial charge in [0.05, 0.1) is 30.8 Å². The Hall–Kier alpha value is -4.34. The highest BCUT2D eigenvalue weighted by Crippen LogP contribution is 2.37. The molecule has 0 radical (unpaired) electrons. The van der Waals surface area contributed by atoms with Crippen molar-refractivity contribution in [3.63, 3.8) is 0 Å². The summed E-state index contributed by atoms with van der Waals surface area (Å²) in [6, 6.07) is 14.7. The molecule has 2 fully saturated rings. The topological polar surface area (TPSA) is 128 Å². The molecular formula is C32H39N7O5. The molecule has 12 nitrogen and oxygen atoms in total. The molecule has 2 aromatic carbocycles. The predicted molar refractivity (Wildman–Crippen MR) is 165 cm³/mol. The average molecular weight is 602 g/mol. The average Bonchev–Trinajstić information content (AvgIpc) is 3.45. The van der Waals surface area contributed by atoms with E-state index in [1.165, 1.54) is 4.90 Å². The fourth-order valence-corrected chi connectivity index (χ4v) is 6.60. The highest BCUT2D eigenvalue weighted by molar-refractivity contribution is 5.95. The van der Waals surface area contributed by atoms with Crippen LogP contribution in [-0.2, 0) is 17.7 Å². The minimum Gasteiger partial charge on any atom is -0.467 e. The van der Waals surface area contributed by atoms with Crippen molar-refractivity contribution in [2.45, 2.75) is 44.3 Å². The number of nitriles is 1. The van der Waals surface area contributed by atoms with Crippen LogP contribution in [0.25, 0.3) is 10.8 Å². The van der Waals surface area contributed by atoms with Gasteiger partial charge in [0.15, 0.2) is 6.79 Å². The first-order valence-corrected chi connectivity index (χ1v) is 15.2. The van der Waals surface area contributed by atoms with E-state index >= 15 is 0 Å². The lowest BCUT2D eigenvalue weighted by atomic mass is 10.0. The van der Waals surface area contributed by atoms with E-state index in [0.29, 0.717) is 51.3 Å². The van der Waals surface area contributed by atoms with E-state index in [4.69, 9.17) is 24.2 Å². The number of carboxylic acid groups (broad SMARTS) is 1. The standard InChI is InChI=1S/C32H39N7O5/c1-36-12-5-7-24(36)20-43-31-34-28-19-37(29-17-25(44-21-42-2)16-22-6-3-4-8-26(22)29)13-10-27(28)30(35-31)38-14-15-39(32(40)41)23(18-38)9-11-33/h3-4,6,8,16-17,23-24H,5,7,9-10,12-15,18-21H2,1-2H3,(H,40,41)/t23-,24-/m0/s1. The number of likely N-dealkylation sites (N-methyl/N-ethyl adjacent to an activating group) is 1. The van der Waals surface area contributed by atoms with E-state index in [1.54, 1.807) is 7.11 Å². The van der Waals surface area contributed by atoms with Gasteiger partial charge in [0.1, 0.15) is 18.2 Å². The third-order valence-electron chi connectivity index (χ3n) is 8.95. The minimum absolute atomic E-state index is 0.121. The van der Waals surface area contributed by atoms with Crippen molar-refractivity contribution in [2.24, 2.45) is 0 Å². The molecule has 12 heteroatoms. The Morgan fingerprint density at radius 1 is 1.09 bits per heavy atom. The van der Waals surface area contributed by atoms with E-state index in [2.05, 4.69) is 46.0 Å². The van der Waals surface area contributed by atoms with Crippen molar-refractivity contribution in [2.75, 3.05) is 70.1 Å². The highest BCUT2D eigenvalue weighted by atomic mass is 16.7. The molecule has 0 saturated carbocycles. The summed E-state index contributed by atoms with van der Waals surface area (Å²) < 4.78 is 17.3. The molecule has 1 aromatic heterocycles. The van der Waals surface area contributed by atoms with Crippen LogP contribution >= 0.6 is 0 Å². The van der Waals surface area contributed by atoms with Crippen LogP contribution in [0.15, 0.2) is 36.4 Å². The lowest BCUT2D eigenvalue weighted by molar-refractivity contribution is 0.0512. The van der Waals surface area contributed by atoms with Crippen molar-refractivity contribution in [3.05, 3.63) is 47.7 Å². The van der Waals surface area contributed by atoms with Gasteiger partial charge in [-0.3, -0.25) is 0 Å². The van der Waals surface area contributed by atoms with E-state index in [9.17, 15) is 15.2 Å². The summed E-state index contributed by atoms with van der Waals surface area (Å²) in [5.41, 5.74) is 2.99. The smallest absolute Gasteiger partial charge is 0.407 e. The van der Waals surface area contributed by atoms with Gasteiger partial charge >= 0.3 is 12.1 Å². The molecule has 2 saturated heterocycles. The number of anilines is 2. The third kappa shape index (κ3) is 6.16. The monoisotopic (exact) mass is 601 g/mol. The number of fused-ring (bicyclic) bond motifs is 2. The number of benzene rings is 2. The zero-order chi connectivity index (χ0) is 30.6. The molecule has 1 amide bonds. The molecule has 4 heterocycles. The lowest BCUT2D eigenvalue weighted by Crippen LogP contribution is -2.55. The number of methoxy groups -OCH3 is 1. The van der Waals surface area contributed by atoms with Crippen LogP contribution in [0.2, 0.25) is 0 Å². The lowest BCUT2D eigenvalue weighted by Gasteiger charge is -2.41. The van der Waals surface area contributed by atoms with Gasteiger partial charge in [-0.1, -0.05) is 24.3 Å². The summed E-state index contributed by atoms with van der Waals surface area (Å²) in [6.07, 6.45) is 2.04. The molecule has 0 aliphatic carbocycles. The van der Waals surface area contributed by atoms with Crippen LogP contribution < -0.4 is 19.3 Å². The Kier molecular flexibility index (Phi) is 8.86. The summed E-state index contributed by atoms with van der Waals surface area (Å²) in [5.74, 6) is 1.51. The second-order valence-corrected chi connectivity index (χ2v) is 11.7. The zero-order valence-electron chi connectivity index (χ0n) is 25.3. The molecule has 3 aromatic rings. The summed E-state index contributed by atoms with van der Waals surface area (Å²) in [7, 11) is 3.72. The number of likely N-dealkylation sites (tertiary alicyclic amines) is 1. The number of carbonyl (C=O) groups is 1. The molecule has 232 valence electrons. The predicted octanol–water partition coefficient (Wildman–Crippen LogP) is 3.73. The molecule has 6 rings (SSSR count). The summed E-state index contributed by atoms with van der Waals surface area (Å²) in [4.78, 5) is 29.9. The highest BCUT2D eigenvalue weighted by Gasteiger charge is 2.34. The second-order valence-electron chi connectivity index (χ2n) is 11.7. The molecule has 1 N–H and O–H groups in total. The third-order valence-corrected chi connectivity index (χ3v) is 8.95. The first-order chi connectivity index (χ1) is 21.4. The maximum absolute atomic E-state index is 11.9. The van der Waals surface area contributed by atoms with Crippen LogP contribution in [0.3, 0.4) is 0 Å². The number of hydrogen-bond acceptors (Lipinski definition) is 10. The van der Waals surface area contributed by atoms with Crippen LogP contribution in [0.4, 0.5) is 16.3 Å². The molecule has 0 spiro atoms. The van der Waals surface area contributed by atoms with E-state index < -0.39 is 12.1 Å². The number of amides is 1. The number of hydrogen-bond donors (Lipinski definition) is 1. The molecule has 3 aliphatic heterocycles. The fraction of sp³-hybridized carbons (Fsp3) is 0.500. The Balaban J connectivity index is 1.34. The molecule has 44 heavy (non-hydrogen) atoms. The van der Waals surface area contributed by atoms with Crippen molar-refractivity contribution in [3.8, 4) is 17.8 Å². The van der Waals surface area contributed by atoms with Gasteiger partial charge in [-0.05, 0) is 44.3 Å². The first-order valence-electron chi connectivity index (χ1n) is 15.2. The van der Waals surface area contributed by atoms with E-state index in [0.717, 1.165) is 65.2 Å². The Morgan fingerprint density at radius 2 is 1.95 bits per heavy atom. The molecule has 3 aliphatic rings. The molecule has 0 unspecified atom stereocenters. The normalized spacial score (nSPS) is 20.4. The van der Waals surface area contributed by atoms with Crippen molar-refractivity contribution in [1.82, 2.24) is 19.8 Å². The van der Waals surface area contributed by atoms with Gasteiger partial charge in [0.2, 0.25) is 0 Å². The molecular weight excluding hydrogens is 562 g/mol. The van der Waals surface area contributed by atoms with Gasteiger partial charge in [0, 0.05) is 62.0 Å². The van der Waals surface area contributed by atoms with Gasteiger partial charge in [-0.2, -0.15) is 15.2 Å². The fourth-order valence-electron chi connectivity index (χ4n) is 6.60. The Morgan fingerprint density at radius 3 is 2.73 bits per heavy atom. The zero-order valence-corrected chi connectivity index (χ0v) is 25.3. The van der Waals surface area contributed by atoms with Gasteiger partial charge < -0.3 is 38.9 Å². The summed E-state index contributed by atoms with van der Waals surface area (Å²) >= 11 is 0. The quantitative estimate of drug-likeness (QED) is 0.361. The van der Waals surface area contributed by atoms with Crippen molar-refractivity contribution < 1.29 is 24.1 Å². The Bertz CT molecular complexity index is 1550. The maximum atomic E-state index is 11.9. The number of piperazine rings is 1. The van der Waals surface area contributed by atoms with Crippen LogP contribution in [0.1, 0.15) is 30.5 Å². The Labute approximate surface area is 257 Å². The number of aromatic nitrogens is 2. The SMILES string of the molecule is COCOc1cc(N2CCc3c(nc(OC[C@@H]4CCCN4C)nc3N3CCN(C(=O)O)[C@@H](CC#N)C3)C2)c2ccccc2c1. The first kappa shape index (κ1) is 29.7. The number of nitrogens with zero attached hydrogens (tertiary/aromatic N) is 7. The van der Waals surface area contributed by atoms with E-state index in [1.807, 2.05) is 18.2 Å². The summed E-state index contributed by atoms with van der Waals surface area (Å²) in [6.45, 7) is 4.19. The van der Waals surface area contributed by atoms with E-state index in [-0.39, 0.29) is 13.2 Å². The van der Waals surface area contributed by atoms with Crippen LogP contribution in [0.5, 0.6) is 11.8 Å². The largest absolute Gasteiger partial charge is 0.467 e. The summed E-state index contributed by atoms with van der Waals surface area (Å²) in [5, 5.41) is 21.4. The molecule has 2 atom stereocenters. The van der Waals surface area contributed by atoms with Gasteiger partial charge in [-0.25, -0.2) is 4.79 Å². The minimum atomic E-state index is -1.00. The van der Waals surface area contributed by atoms with Gasteiger partial charge in [-0.15, -0.1) is 0 Å². The van der Waals surface area contributed by atoms with Crippen LogP contribution in [0, 0.1) is 11.3 Å². The van der Waals surface area contributed by atoms with Gasteiger partial charge in [0.25, 0.3) is 0 Å². The molecule has 0 bridgehead atoms. The van der Waals surface area contributed by atoms with Crippen molar-refractivity contribution in [1.29, 1.82) is 5.26 Å². The second kappa shape index (κ2) is 13.1. The number of rotatable bonds is 9. The number of ether oxygens (including phenoxy) is 3. The maximum Gasteiger partial charge on any atom is 0.407 e. The van der Waals surface area contributed by atoms with Crippen LogP contribution in [-0.4, -0.2) is 103 Å². The van der Waals surface area contributed by atoms with Crippen molar-refractivity contribution >= 4 is 28.4 Å².